The van der Waals surface area contributed by atoms with E-state index in [1.165, 1.54) is 58.1 Å². The quantitative estimate of drug-likeness (QED) is 0.0550. The molecule has 2 aliphatic carbocycles. The number of rotatable bonds is 14. The second kappa shape index (κ2) is 21.2. The number of aliphatic hydroxyl groups is 2. The van der Waals surface area contributed by atoms with Crippen molar-refractivity contribution in [3.63, 3.8) is 0 Å². The smallest absolute Gasteiger partial charge is 0.343 e. The van der Waals surface area contributed by atoms with Crippen molar-refractivity contribution in [1.29, 1.82) is 0 Å². The van der Waals surface area contributed by atoms with Gasteiger partial charge in [-0.2, -0.15) is 0 Å². The van der Waals surface area contributed by atoms with Crippen molar-refractivity contribution in [2.75, 3.05) is 38.6 Å². The van der Waals surface area contributed by atoms with Gasteiger partial charge in [0.1, 0.15) is 17.6 Å². The number of benzene rings is 3. The van der Waals surface area contributed by atoms with Gasteiger partial charge in [0.2, 0.25) is 12.0 Å². The molecule has 0 bridgehead atoms. The number of likely N-dealkylation sites (tertiary alicyclic amines) is 1. The molecule has 0 radical (unpaired) electrons. The van der Waals surface area contributed by atoms with E-state index >= 15 is 0 Å². The first-order valence-corrected chi connectivity index (χ1v) is 21.4. The van der Waals surface area contributed by atoms with Crippen molar-refractivity contribution < 1.29 is 34.4 Å². The number of carbonyl (C=O) groups is 2. The number of aromatic hydroxyl groups is 1. The molecule has 6 N–H and O–H groups in total. The zero-order valence-electron chi connectivity index (χ0n) is 34.8. The van der Waals surface area contributed by atoms with Crippen molar-refractivity contribution in [2.45, 2.75) is 103 Å². The third-order valence-electron chi connectivity index (χ3n) is 12.0. The maximum absolute atomic E-state index is 13.2. The van der Waals surface area contributed by atoms with Crippen LogP contribution in [-0.4, -0.2) is 77.0 Å². The summed E-state index contributed by atoms with van der Waals surface area (Å²) in [5, 5.41) is 38.6. The predicted molar refractivity (Wildman–Crippen MR) is 232 cm³/mol. The molecular weight excluding hydrogens is 772 g/mol. The topological polar surface area (TPSA) is 173 Å². The summed E-state index contributed by atoms with van der Waals surface area (Å²) in [5.74, 6) is 0.0148. The van der Waals surface area contributed by atoms with E-state index in [0.717, 1.165) is 44.1 Å². The Kier molecular flexibility index (Phi) is 16.4. The minimum Gasteiger partial charge on any atom is -0.506 e. The first-order valence-electron chi connectivity index (χ1n) is 21.0. The molecular formula is C46H61ClN4O8. The van der Waals surface area contributed by atoms with Crippen LogP contribution in [0, 0.1) is 11.3 Å². The van der Waals surface area contributed by atoms with Crippen LogP contribution in [0.2, 0.25) is 5.02 Å². The average Bonchev–Trinajstić information content (AvgIpc) is 3.79. The molecule has 320 valence electrons. The van der Waals surface area contributed by atoms with Crippen molar-refractivity contribution in [1.82, 2.24) is 15.2 Å². The molecule has 2 heterocycles. The summed E-state index contributed by atoms with van der Waals surface area (Å²) >= 11 is 6.16. The van der Waals surface area contributed by atoms with Crippen LogP contribution in [0.5, 0.6) is 11.5 Å². The summed E-state index contributed by atoms with van der Waals surface area (Å²) in [7, 11) is 1.51. The van der Waals surface area contributed by atoms with E-state index in [0.29, 0.717) is 51.3 Å². The Hall–Kier alpha value is -4.46. The van der Waals surface area contributed by atoms with Gasteiger partial charge in [0.25, 0.3) is 0 Å². The van der Waals surface area contributed by atoms with Crippen molar-refractivity contribution in [3.8, 4) is 11.5 Å². The number of nitrogens with one attached hydrogen (secondary N) is 3. The Morgan fingerprint density at radius 1 is 1.07 bits per heavy atom. The summed E-state index contributed by atoms with van der Waals surface area (Å²) in [6.07, 6.45) is 9.13. The van der Waals surface area contributed by atoms with Gasteiger partial charge in [-0.15, -0.1) is 0 Å². The van der Waals surface area contributed by atoms with E-state index in [2.05, 4.69) is 27.4 Å². The van der Waals surface area contributed by atoms with E-state index in [1.807, 2.05) is 44.2 Å². The lowest BCUT2D eigenvalue weighted by molar-refractivity contribution is -0.192. The summed E-state index contributed by atoms with van der Waals surface area (Å²) in [6.45, 7) is 10.3. The summed E-state index contributed by atoms with van der Waals surface area (Å²) in [4.78, 5) is 40.5. The molecule has 12 nitrogen and oxygen atoms in total. The van der Waals surface area contributed by atoms with Crippen LogP contribution in [0.3, 0.4) is 0 Å². The number of piperidine rings is 1. The van der Waals surface area contributed by atoms with Crippen LogP contribution >= 0.6 is 11.6 Å². The van der Waals surface area contributed by atoms with E-state index in [9.17, 15) is 29.7 Å². The number of phenols is 1. The zero-order chi connectivity index (χ0) is 42.6. The monoisotopic (exact) mass is 832 g/mol. The molecule has 3 fully saturated rings. The number of fused-ring (bicyclic) bond motifs is 1. The van der Waals surface area contributed by atoms with Gasteiger partial charge in [-0.05, 0) is 99.3 Å². The van der Waals surface area contributed by atoms with E-state index in [-0.39, 0.29) is 35.4 Å². The number of anilines is 1. The number of pyridine rings is 1. The zero-order valence-corrected chi connectivity index (χ0v) is 35.5. The molecule has 1 aliphatic heterocycles. The molecule has 2 atom stereocenters. The Morgan fingerprint density at radius 2 is 1.76 bits per heavy atom. The number of esters is 1. The maximum atomic E-state index is 13.2. The van der Waals surface area contributed by atoms with E-state index < -0.39 is 17.7 Å². The van der Waals surface area contributed by atoms with Gasteiger partial charge in [-0.1, -0.05) is 81.6 Å². The van der Waals surface area contributed by atoms with Crippen LogP contribution in [0.4, 0.5) is 5.69 Å². The number of nitrogens with zero attached hydrogens (tertiary/aromatic N) is 1. The molecule has 2 unspecified atom stereocenters. The molecule has 1 amide bonds. The Morgan fingerprint density at radius 3 is 2.41 bits per heavy atom. The van der Waals surface area contributed by atoms with Gasteiger partial charge in [-0.3, -0.25) is 9.59 Å². The standard InChI is InChI=1S/C24H35NO3.C20H20ClN3O5.C2H6/c1-2-14-25-15-12-23(13-16-25)17-21(18-23)28-22(26)24(27,20-10-6-7-11-20)19-8-4-3-5-9-19;1-29-18-7-15(23-10-25)14(21)6-11(18)8-22-9-17(27)12-2-4-16(26)20-13(12)3-5-19(28)24-20;1-2/h3-5,8-9,20-21,27H,2,6-7,10-18H2,1H3;2-7,10,17,22,26-27H,8-9H2,1H3,(H,23,25)(H,24,28);1-2H3. The Labute approximate surface area is 352 Å². The molecule has 13 heteroatoms. The minimum absolute atomic E-state index is 0.0261. The highest BCUT2D eigenvalue weighted by Gasteiger charge is 2.52. The molecule has 3 aromatic carbocycles. The summed E-state index contributed by atoms with van der Waals surface area (Å²) in [5.41, 5.74) is 1.26. The fourth-order valence-electron chi connectivity index (χ4n) is 8.86. The van der Waals surface area contributed by atoms with Crippen LogP contribution in [0.25, 0.3) is 10.9 Å². The second-order valence-corrected chi connectivity index (χ2v) is 16.1. The minimum atomic E-state index is -1.50. The number of methoxy groups -OCH3 is 1. The number of amides is 1. The molecule has 4 aromatic rings. The lowest BCUT2D eigenvalue weighted by Crippen LogP contribution is -2.52. The number of ether oxygens (including phenoxy) is 2. The first-order chi connectivity index (χ1) is 28.5. The largest absolute Gasteiger partial charge is 0.506 e. The number of halogens is 1. The van der Waals surface area contributed by atoms with Crippen LogP contribution < -0.4 is 20.9 Å². The molecule has 1 saturated heterocycles. The number of carbonyl (C=O) groups excluding carboxylic acids is 2. The number of hydrogen-bond donors (Lipinski definition) is 6. The maximum Gasteiger partial charge on any atom is 0.343 e. The highest BCUT2D eigenvalue weighted by molar-refractivity contribution is 6.33. The van der Waals surface area contributed by atoms with Gasteiger partial charge < -0.3 is 45.3 Å². The fraction of sp³-hybridized carbons (Fsp3) is 0.500. The van der Waals surface area contributed by atoms with Gasteiger partial charge in [0.05, 0.1) is 29.4 Å². The summed E-state index contributed by atoms with van der Waals surface area (Å²) < 4.78 is 11.3. The van der Waals surface area contributed by atoms with Gasteiger partial charge in [0.15, 0.2) is 5.60 Å². The van der Waals surface area contributed by atoms with E-state index in [1.54, 1.807) is 24.3 Å². The third kappa shape index (κ3) is 10.8. The molecule has 7 rings (SSSR count). The van der Waals surface area contributed by atoms with Crippen LogP contribution in [0.15, 0.2) is 71.5 Å². The Bertz CT molecular complexity index is 2040. The second-order valence-electron chi connectivity index (χ2n) is 15.7. The number of aromatic amines is 1. The van der Waals surface area contributed by atoms with Gasteiger partial charge in [-0.25, -0.2) is 4.79 Å². The van der Waals surface area contributed by atoms with Crippen molar-refractivity contribution >= 4 is 40.6 Å². The van der Waals surface area contributed by atoms with Crippen molar-refractivity contribution in [3.05, 3.63) is 98.8 Å². The molecule has 1 spiro atoms. The lowest BCUT2D eigenvalue weighted by atomic mass is 9.61. The lowest BCUT2D eigenvalue weighted by Gasteiger charge is -2.52. The molecule has 59 heavy (non-hydrogen) atoms. The van der Waals surface area contributed by atoms with Crippen LogP contribution in [-0.2, 0) is 26.5 Å². The summed E-state index contributed by atoms with van der Waals surface area (Å²) in [6, 6.07) is 18.7. The predicted octanol–water partition coefficient (Wildman–Crippen LogP) is 7.58. The highest BCUT2D eigenvalue weighted by Crippen LogP contribution is 2.51. The molecule has 1 aromatic heterocycles. The van der Waals surface area contributed by atoms with Gasteiger partial charge in [0, 0.05) is 42.1 Å². The first kappa shape index (κ1) is 45.6. The number of phenolic OH excluding ortho intramolecular Hbond substituents is 1. The number of H-pyrrole nitrogens is 1. The average molecular weight is 833 g/mol. The number of aromatic nitrogens is 1. The number of aliphatic hydroxyl groups excluding tert-OH is 1. The van der Waals surface area contributed by atoms with Crippen LogP contribution in [0.1, 0.15) is 101 Å². The fourth-order valence-corrected chi connectivity index (χ4v) is 9.10. The SMILES string of the molecule is CC.CCCN1CCC2(CC1)CC(OC(=O)C(O)(c1ccccc1)C1CCCC1)C2.COc1cc(NC=O)c(Cl)cc1CNCC(O)c1ccc(O)c2[nH]c(=O)ccc12. The molecule has 3 aliphatic rings. The highest BCUT2D eigenvalue weighted by atomic mass is 35.5. The van der Waals surface area contributed by atoms with Gasteiger partial charge >= 0.3 is 5.97 Å². The van der Waals surface area contributed by atoms with Crippen molar-refractivity contribution in [2.24, 2.45) is 11.3 Å². The molecule has 2 saturated carbocycles. The normalized spacial score (nSPS) is 18.0. The number of hydrogen-bond acceptors (Lipinski definition) is 10. The van der Waals surface area contributed by atoms with E-state index in [4.69, 9.17) is 21.1 Å². The Balaban J connectivity index is 0.000000215. The third-order valence-corrected chi connectivity index (χ3v) is 12.3.